The molecule has 7 heteroatoms. The zero-order valence-corrected chi connectivity index (χ0v) is 17.9. The SMILES string of the molecule is O=C(CCC(=O)NC1CCCCC1)Nc1cc(-c2ccccc2)nn1-c1ccc(F)cc1. The van der Waals surface area contributed by atoms with E-state index < -0.39 is 0 Å². The van der Waals surface area contributed by atoms with Crippen LogP contribution in [0.4, 0.5) is 10.2 Å². The Labute approximate surface area is 186 Å². The summed E-state index contributed by atoms with van der Waals surface area (Å²) < 4.78 is 15.0. The third-order valence-electron chi connectivity index (χ3n) is 5.67. The molecular formula is C25H27FN4O2. The topological polar surface area (TPSA) is 76.0 Å². The van der Waals surface area contributed by atoms with E-state index in [-0.39, 0.29) is 36.5 Å². The zero-order valence-electron chi connectivity index (χ0n) is 17.9. The number of rotatable bonds is 7. The zero-order chi connectivity index (χ0) is 22.3. The van der Waals surface area contributed by atoms with Crippen molar-refractivity contribution in [1.29, 1.82) is 0 Å². The Morgan fingerprint density at radius 3 is 2.34 bits per heavy atom. The summed E-state index contributed by atoms with van der Waals surface area (Å²) in [7, 11) is 0. The molecule has 0 radical (unpaired) electrons. The number of amides is 2. The molecule has 2 N–H and O–H groups in total. The van der Waals surface area contributed by atoms with Gasteiger partial charge in [-0.1, -0.05) is 49.6 Å². The number of carbonyl (C=O) groups excluding carboxylic acids is 2. The van der Waals surface area contributed by atoms with Crippen LogP contribution in [0.3, 0.4) is 0 Å². The molecule has 0 bridgehead atoms. The van der Waals surface area contributed by atoms with Gasteiger partial charge in [0.25, 0.3) is 0 Å². The maximum Gasteiger partial charge on any atom is 0.226 e. The lowest BCUT2D eigenvalue weighted by Gasteiger charge is -2.22. The molecule has 1 fully saturated rings. The van der Waals surface area contributed by atoms with Gasteiger partial charge in [-0.3, -0.25) is 9.59 Å². The van der Waals surface area contributed by atoms with Crippen molar-refractivity contribution < 1.29 is 14.0 Å². The molecule has 1 heterocycles. The molecule has 0 saturated heterocycles. The molecule has 1 saturated carbocycles. The second-order valence-electron chi connectivity index (χ2n) is 8.12. The van der Waals surface area contributed by atoms with E-state index in [1.54, 1.807) is 22.9 Å². The van der Waals surface area contributed by atoms with Gasteiger partial charge in [0.05, 0.1) is 11.4 Å². The van der Waals surface area contributed by atoms with Crippen LogP contribution in [0.15, 0.2) is 60.7 Å². The molecule has 0 atom stereocenters. The van der Waals surface area contributed by atoms with Crippen LogP contribution < -0.4 is 10.6 Å². The molecule has 6 nitrogen and oxygen atoms in total. The number of halogens is 1. The molecule has 0 unspecified atom stereocenters. The third-order valence-corrected chi connectivity index (χ3v) is 5.67. The molecule has 1 aliphatic carbocycles. The molecule has 32 heavy (non-hydrogen) atoms. The highest BCUT2D eigenvalue weighted by Gasteiger charge is 2.18. The van der Waals surface area contributed by atoms with Gasteiger partial charge in [-0.05, 0) is 37.1 Å². The quantitative estimate of drug-likeness (QED) is 0.558. The van der Waals surface area contributed by atoms with Crippen molar-refractivity contribution in [3.8, 4) is 16.9 Å². The largest absolute Gasteiger partial charge is 0.353 e. The Hall–Kier alpha value is -3.48. The van der Waals surface area contributed by atoms with Crippen LogP contribution >= 0.6 is 0 Å². The van der Waals surface area contributed by atoms with E-state index in [0.29, 0.717) is 17.2 Å². The number of aromatic nitrogens is 2. The van der Waals surface area contributed by atoms with Gasteiger partial charge in [-0.2, -0.15) is 5.10 Å². The van der Waals surface area contributed by atoms with Crippen LogP contribution in [0.2, 0.25) is 0 Å². The first kappa shape index (κ1) is 21.7. The van der Waals surface area contributed by atoms with Gasteiger partial charge in [0.15, 0.2) is 0 Å². The summed E-state index contributed by atoms with van der Waals surface area (Å²) in [5.41, 5.74) is 2.20. The van der Waals surface area contributed by atoms with Gasteiger partial charge in [0.1, 0.15) is 11.6 Å². The van der Waals surface area contributed by atoms with Gasteiger partial charge >= 0.3 is 0 Å². The summed E-state index contributed by atoms with van der Waals surface area (Å²) in [5, 5.41) is 10.5. The summed E-state index contributed by atoms with van der Waals surface area (Å²) in [4.78, 5) is 24.8. The summed E-state index contributed by atoms with van der Waals surface area (Å²) in [5.74, 6) is -0.248. The number of carbonyl (C=O) groups is 2. The highest BCUT2D eigenvalue weighted by Crippen LogP contribution is 2.25. The monoisotopic (exact) mass is 434 g/mol. The lowest BCUT2D eigenvalue weighted by Crippen LogP contribution is -2.36. The Morgan fingerprint density at radius 2 is 1.62 bits per heavy atom. The minimum Gasteiger partial charge on any atom is -0.353 e. The summed E-state index contributed by atoms with van der Waals surface area (Å²) >= 11 is 0. The van der Waals surface area contributed by atoms with E-state index >= 15 is 0 Å². The summed E-state index contributed by atoms with van der Waals surface area (Å²) in [6.07, 6.45) is 5.74. The first-order chi connectivity index (χ1) is 15.6. The van der Waals surface area contributed by atoms with Crippen LogP contribution in [0.5, 0.6) is 0 Å². The van der Waals surface area contributed by atoms with E-state index in [1.807, 2.05) is 30.3 Å². The van der Waals surface area contributed by atoms with Gasteiger partial charge < -0.3 is 10.6 Å². The van der Waals surface area contributed by atoms with E-state index in [4.69, 9.17) is 0 Å². The summed E-state index contributed by atoms with van der Waals surface area (Å²) in [6.45, 7) is 0. The first-order valence-corrected chi connectivity index (χ1v) is 11.1. The highest BCUT2D eigenvalue weighted by atomic mass is 19.1. The number of nitrogens with one attached hydrogen (secondary N) is 2. The van der Waals surface area contributed by atoms with Crippen LogP contribution in [0.25, 0.3) is 16.9 Å². The number of hydrogen-bond acceptors (Lipinski definition) is 3. The van der Waals surface area contributed by atoms with Crippen molar-refractivity contribution in [3.63, 3.8) is 0 Å². The van der Waals surface area contributed by atoms with Crippen LogP contribution in [0.1, 0.15) is 44.9 Å². The minimum absolute atomic E-state index is 0.0772. The lowest BCUT2D eigenvalue weighted by atomic mass is 9.95. The number of benzene rings is 2. The Bertz CT molecular complexity index is 1060. The average Bonchev–Trinajstić information content (AvgIpc) is 3.23. The van der Waals surface area contributed by atoms with E-state index in [0.717, 1.165) is 31.2 Å². The second-order valence-corrected chi connectivity index (χ2v) is 8.12. The first-order valence-electron chi connectivity index (χ1n) is 11.1. The molecule has 1 aliphatic rings. The number of hydrogen-bond donors (Lipinski definition) is 2. The molecule has 1 aromatic heterocycles. The van der Waals surface area contributed by atoms with Crippen molar-refractivity contribution in [2.24, 2.45) is 0 Å². The fourth-order valence-electron chi connectivity index (χ4n) is 3.98. The fraction of sp³-hybridized carbons (Fsp3) is 0.320. The number of anilines is 1. The van der Waals surface area contributed by atoms with Gasteiger partial charge in [0.2, 0.25) is 11.8 Å². The van der Waals surface area contributed by atoms with Crippen molar-refractivity contribution in [1.82, 2.24) is 15.1 Å². The highest BCUT2D eigenvalue weighted by molar-refractivity contribution is 5.93. The molecular weight excluding hydrogens is 407 g/mol. The number of nitrogens with zero attached hydrogens (tertiary/aromatic N) is 2. The molecule has 4 rings (SSSR count). The van der Waals surface area contributed by atoms with Crippen molar-refractivity contribution >= 4 is 17.6 Å². The Kier molecular flexibility index (Phi) is 6.94. The smallest absolute Gasteiger partial charge is 0.226 e. The molecule has 2 aromatic carbocycles. The summed E-state index contributed by atoms with van der Waals surface area (Å²) in [6, 6.07) is 17.5. The van der Waals surface area contributed by atoms with E-state index in [9.17, 15) is 14.0 Å². The molecule has 0 aliphatic heterocycles. The second kappa shape index (κ2) is 10.2. The van der Waals surface area contributed by atoms with Gasteiger partial charge in [-0.25, -0.2) is 9.07 Å². The normalized spacial score (nSPS) is 14.2. The van der Waals surface area contributed by atoms with Crippen molar-refractivity contribution in [2.45, 2.75) is 51.0 Å². The standard InChI is InChI=1S/C25H27FN4O2/c26-19-11-13-21(14-12-19)30-23(17-22(29-30)18-7-3-1-4-8-18)28-25(32)16-15-24(31)27-20-9-5-2-6-10-20/h1,3-4,7-8,11-14,17,20H,2,5-6,9-10,15-16H2,(H,27,31)(H,28,32). The van der Waals surface area contributed by atoms with Gasteiger partial charge in [0, 0.05) is 30.5 Å². The Balaban J connectivity index is 1.45. The molecule has 2 amide bonds. The van der Waals surface area contributed by atoms with Crippen LogP contribution in [0, 0.1) is 5.82 Å². The lowest BCUT2D eigenvalue weighted by molar-refractivity contribution is -0.125. The molecule has 0 spiro atoms. The van der Waals surface area contributed by atoms with Crippen molar-refractivity contribution in [2.75, 3.05) is 5.32 Å². The van der Waals surface area contributed by atoms with Crippen LogP contribution in [-0.4, -0.2) is 27.6 Å². The average molecular weight is 435 g/mol. The van der Waals surface area contributed by atoms with Crippen LogP contribution in [-0.2, 0) is 9.59 Å². The van der Waals surface area contributed by atoms with Crippen molar-refractivity contribution in [3.05, 3.63) is 66.5 Å². The molecule has 3 aromatic rings. The maximum atomic E-state index is 13.4. The predicted octanol–water partition coefficient (Wildman–Crippen LogP) is 4.85. The fourth-order valence-corrected chi connectivity index (χ4v) is 3.98. The minimum atomic E-state index is -0.348. The third kappa shape index (κ3) is 5.60. The predicted molar refractivity (Wildman–Crippen MR) is 122 cm³/mol. The van der Waals surface area contributed by atoms with E-state index in [2.05, 4.69) is 15.7 Å². The maximum absolute atomic E-state index is 13.4. The molecule has 166 valence electrons. The Morgan fingerprint density at radius 1 is 0.938 bits per heavy atom. The van der Waals surface area contributed by atoms with Gasteiger partial charge in [-0.15, -0.1) is 0 Å². The van der Waals surface area contributed by atoms with E-state index in [1.165, 1.54) is 18.6 Å².